The Morgan fingerprint density at radius 3 is 2.29 bits per heavy atom. The maximum Gasteiger partial charge on any atom is 0.311 e. The van der Waals surface area contributed by atoms with Gasteiger partial charge in [0.15, 0.2) is 0 Å². The average Bonchev–Trinajstić information content (AvgIpc) is 2.59. The van der Waals surface area contributed by atoms with Gasteiger partial charge < -0.3 is 19.3 Å². The third-order valence-corrected chi connectivity index (χ3v) is 3.97. The van der Waals surface area contributed by atoms with Crippen molar-refractivity contribution in [1.82, 2.24) is 0 Å². The highest BCUT2D eigenvalue weighted by atomic mass is 16.5. The average molecular weight is 330 g/mol. The normalized spacial score (nSPS) is 11.7. The van der Waals surface area contributed by atoms with Crippen LogP contribution in [0.5, 0.6) is 17.2 Å². The van der Waals surface area contributed by atoms with Crippen LogP contribution in [-0.2, 0) is 11.2 Å². The van der Waals surface area contributed by atoms with Crippen molar-refractivity contribution in [1.29, 1.82) is 0 Å². The van der Waals surface area contributed by atoms with Crippen LogP contribution in [0.3, 0.4) is 0 Å². The highest BCUT2D eigenvalue weighted by Crippen LogP contribution is 2.34. The Kier molecular flexibility index (Phi) is 5.68. The van der Waals surface area contributed by atoms with Gasteiger partial charge in [-0.3, -0.25) is 4.79 Å². The Hall–Kier alpha value is -2.69. The van der Waals surface area contributed by atoms with Crippen LogP contribution < -0.4 is 14.2 Å². The molecule has 0 aliphatic heterocycles. The van der Waals surface area contributed by atoms with Gasteiger partial charge in [0.2, 0.25) is 0 Å². The molecule has 2 rings (SSSR count). The largest absolute Gasteiger partial charge is 0.497 e. The summed E-state index contributed by atoms with van der Waals surface area (Å²) in [7, 11) is 4.66. The van der Waals surface area contributed by atoms with Crippen molar-refractivity contribution in [3.8, 4) is 17.2 Å². The topological polar surface area (TPSA) is 65.0 Å². The van der Waals surface area contributed by atoms with E-state index in [1.807, 2.05) is 25.1 Å². The summed E-state index contributed by atoms with van der Waals surface area (Å²) in [4.78, 5) is 11.9. The number of hydrogen-bond acceptors (Lipinski definition) is 4. The van der Waals surface area contributed by atoms with Crippen LogP contribution >= 0.6 is 0 Å². The number of hydrogen-bond donors (Lipinski definition) is 1. The minimum atomic E-state index is -0.915. The molecule has 2 aromatic rings. The van der Waals surface area contributed by atoms with Crippen LogP contribution in [-0.4, -0.2) is 32.4 Å². The molecule has 2 aromatic carbocycles. The number of benzene rings is 2. The van der Waals surface area contributed by atoms with Gasteiger partial charge >= 0.3 is 5.97 Å². The first-order valence-corrected chi connectivity index (χ1v) is 7.58. The zero-order chi connectivity index (χ0) is 17.7. The van der Waals surface area contributed by atoms with Crippen LogP contribution in [0.15, 0.2) is 36.4 Å². The molecule has 5 nitrogen and oxygen atoms in total. The molecule has 0 radical (unpaired) electrons. The molecule has 5 heteroatoms. The van der Waals surface area contributed by atoms with E-state index in [1.54, 1.807) is 32.4 Å². The monoisotopic (exact) mass is 330 g/mol. The van der Waals surface area contributed by atoms with Gasteiger partial charge in [-0.2, -0.15) is 0 Å². The fourth-order valence-corrected chi connectivity index (χ4v) is 2.72. The molecule has 0 heterocycles. The van der Waals surface area contributed by atoms with E-state index in [0.717, 1.165) is 11.1 Å². The second kappa shape index (κ2) is 7.73. The lowest BCUT2D eigenvalue weighted by Gasteiger charge is -2.18. The van der Waals surface area contributed by atoms with Crippen molar-refractivity contribution in [3.63, 3.8) is 0 Å². The molecule has 1 atom stereocenters. The Morgan fingerprint density at radius 2 is 1.71 bits per heavy atom. The van der Waals surface area contributed by atoms with Crippen LogP contribution in [0.4, 0.5) is 0 Å². The third-order valence-electron chi connectivity index (χ3n) is 3.97. The van der Waals surface area contributed by atoms with Crippen molar-refractivity contribution in [3.05, 3.63) is 53.1 Å². The number of methoxy groups -OCH3 is 3. The zero-order valence-corrected chi connectivity index (χ0v) is 14.3. The SMILES string of the molecule is COc1ccc(C(Cc2cc(C)ccc2OC)C(=O)O)c(OC)c1. The summed E-state index contributed by atoms with van der Waals surface area (Å²) >= 11 is 0. The molecule has 128 valence electrons. The molecule has 0 aliphatic rings. The maximum absolute atomic E-state index is 11.9. The smallest absolute Gasteiger partial charge is 0.311 e. The lowest BCUT2D eigenvalue weighted by atomic mass is 9.90. The summed E-state index contributed by atoms with van der Waals surface area (Å²) in [5.74, 6) is 0.129. The first kappa shape index (κ1) is 17.7. The molecule has 0 saturated heterocycles. The summed E-state index contributed by atoms with van der Waals surface area (Å²) in [5.41, 5.74) is 2.51. The Labute approximate surface area is 141 Å². The first-order valence-electron chi connectivity index (χ1n) is 7.58. The second-order valence-electron chi connectivity index (χ2n) is 5.52. The van der Waals surface area contributed by atoms with E-state index in [-0.39, 0.29) is 0 Å². The highest BCUT2D eigenvalue weighted by Gasteiger charge is 2.25. The first-order chi connectivity index (χ1) is 11.5. The maximum atomic E-state index is 11.9. The molecule has 0 aliphatic carbocycles. The molecular formula is C19H22O5. The molecule has 0 bridgehead atoms. The summed E-state index contributed by atoms with van der Waals surface area (Å²) in [6, 6.07) is 10.9. The van der Waals surface area contributed by atoms with Gasteiger partial charge in [0.05, 0.1) is 27.2 Å². The van der Waals surface area contributed by atoms with Crippen molar-refractivity contribution in [2.45, 2.75) is 19.3 Å². The highest BCUT2D eigenvalue weighted by molar-refractivity contribution is 5.78. The molecule has 0 saturated carbocycles. The number of ether oxygens (including phenoxy) is 3. The Balaban J connectivity index is 2.45. The lowest BCUT2D eigenvalue weighted by molar-refractivity contribution is -0.138. The van der Waals surface area contributed by atoms with Gasteiger partial charge in [-0.1, -0.05) is 23.8 Å². The fraction of sp³-hybridized carbons (Fsp3) is 0.316. The molecular weight excluding hydrogens is 308 g/mol. The van der Waals surface area contributed by atoms with E-state index in [4.69, 9.17) is 14.2 Å². The Morgan fingerprint density at radius 1 is 1.00 bits per heavy atom. The minimum Gasteiger partial charge on any atom is -0.497 e. The van der Waals surface area contributed by atoms with Crippen molar-refractivity contribution in [2.75, 3.05) is 21.3 Å². The number of aliphatic carboxylic acids is 1. The van der Waals surface area contributed by atoms with Crippen molar-refractivity contribution >= 4 is 5.97 Å². The van der Waals surface area contributed by atoms with E-state index in [1.165, 1.54) is 7.11 Å². The fourth-order valence-electron chi connectivity index (χ4n) is 2.72. The summed E-state index contributed by atoms with van der Waals surface area (Å²) in [6.07, 6.45) is 0.308. The summed E-state index contributed by atoms with van der Waals surface area (Å²) in [6.45, 7) is 1.96. The van der Waals surface area contributed by atoms with E-state index in [0.29, 0.717) is 29.2 Å². The molecule has 24 heavy (non-hydrogen) atoms. The number of aryl methyl sites for hydroxylation is 1. The molecule has 1 N–H and O–H groups in total. The van der Waals surface area contributed by atoms with E-state index in [9.17, 15) is 9.90 Å². The molecule has 0 amide bonds. The molecule has 0 fully saturated rings. The molecule has 1 unspecified atom stereocenters. The van der Waals surface area contributed by atoms with Gasteiger partial charge in [0, 0.05) is 11.6 Å². The van der Waals surface area contributed by atoms with Gasteiger partial charge in [0.1, 0.15) is 17.2 Å². The van der Waals surface area contributed by atoms with Crippen LogP contribution in [0.1, 0.15) is 22.6 Å². The minimum absolute atomic E-state index is 0.308. The summed E-state index contributed by atoms with van der Waals surface area (Å²) < 4.78 is 15.9. The van der Waals surface area contributed by atoms with E-state index in [2.05, 4.69) is 0 Å². The quantitative estimate of drug-likeness (QED) is 0.842. The van der Waals surface area contributed by atoms with Crippen molar-refractivity contribution < 1.29 is 24.1 Å². The zero-order valence-electron chi connectivity index (χ0n) is 14.3. The number of carboxylic acids is 1. The number of rotatable bonds is 7. The van der Waals surface area contributed by atoms with Gasteiger partial charge in [-0.05, 0) is 31.0 Å². The van der Waals surface area contributed by atoms with Gasteiger partial charge in [-0.25, -0.2) is 0 Å². The van der Waals surface area contributed by atoms with Gasteiger partial charge in [0.25, 0.3) is 0 Å². The summed E-state index contributed by atoms with van der Waals surface area (Å²) in [5, 5.41) is 9.74. The molecule has 0 spiro atoms. The number of carboxylic acid groups (broad SMARTS) is 1. The van der Waals surface area contributed by atoms with Gasteiger partial charge in [-0.15, -0.1) is 0 Å². The molecule has 0 aromatic heterocycles. The van der Waals surface area contributed by atoms with E-state index >= 15 is 0 Å². The number of carbonyl (C=O) groups is 1. The third kappa shape index (κ3) is 3.79. The van der Waals surface area contributed by atoms with Crippen LogP contribution in [0.25, 0.3) is 0 Å². The van der Waals surface area contributed by atoms with E-state index < -0.39 is 11.9 Å². The predicted octanol–water partition coefficient (Wildman–Crippen LogP) is 3.43. The lowest BCUT2D eigenvalue weighted by Crippen LogP contribution is -2.16. The van der Waals surface area contributed by atoms with Crippen LogP contribution in [0, 0.1) is 6.92 Å². The van der Waals surface area contributed by atoms with Crippen LogP contribution in [0.2, 0.25) is 0 Å². The Bertz CT molecular complexity index is 724. The second-order valence-corrected chi connectivity index (χ2v) is 5.52. The standard InChI is InChI=1S/C19H22O5/c1-12-5-8-17(23-3)13(9-12)10-16(19(20)21)15-7-6-14(22-2)11-18(15)24-4/h5-9,11,16H,10H2,1-4H3,(H,20,21). The predicted molar refractivity (Wildman–Crippen MR) is 91.4 cm³/mol. The van der Waals surface area contributed by atoms with Crippen molar-refractivity contribution in [2.24, 2.45) is 0 Å².